The number of hydrogen-bond donors (Lipinski definition) is 2. The lowest BCUT2D eigenvalue weighted by molar-refractivity contribution is -0.117. The van der Waals surface area contributed by atoms with Crippen LogP contribution >= 0.6 is 0 Å². The largest absolute Gasteiger partial charge is 0.462 e. The minimum Gasteiger partial charge on any atom is -0.462 e. The molecule has 0 aliphatic rings. The smallest absolute Gasteiger partial charge is 0.244 e. The fourth-order valence-electron chi connectivity index (χ4n) is 1.84. The van der Waals surface area contributed by atoms with Gasteiger partial charge in [0.15, 0.2) is 0 Å². The summed E-state index contributed by atoms with van der Waals surface area (Å²) in [6.07, 6.45) is 2.99. The molecular weight excluding hydrogens is 254 g/mol. The van der Waals surface area contributed by atoms with E-state index >= 15 is 0 Å². The summed E-state index contributed by atoms with van der Waals surface area (Å²) in [6.45, 7) is 1.69. The number of hydrogen-bond acceptors (Lipinski definition) is 3. The van der Waals surface area contributed by atoms with Gasteiger partial charge in [0.2, 0.25) is 5.91 Å². The van der Waals surface area contributed by atoms with E-state index in [1.165, 1.54) is 6.08 Å². The number of amides is 1. The maximum atomic E-state index is 11.8. The number of carbonyl (C=O) groups excluding carboxylic acids is 1. The molecule has 1 atom stereocenters. The summed E-state index contributed by atoms with van der Waals surface area (Å²) in [7, 11) is 0. The van der Waals surface area contributed by atoms with Gasteiger partial charge in [-0.25, -0.2) is 0 Å². The molecule has 1 aromatic heterocycles. The van der Waals surface area contributed by atoms with Crippen LogP contribution < -0.4 is 5.32 Å². The van der Waals surface area contributed by atoms with Crippen LogP contribution in [0.2, 0.25) is 0 Å². The maximum absolute atomic E-state index is 11.8. The first-order valence-corrected chi connectivity index (χ1v) is 6.40. The topological polar surface area (TPSA) is 62.5 Å². The Labute approximate surface area is 117 Å². The average molecular weight is 271 g/mol. The third-order valence-electron chi connectivity index (χ3n) is 2.86. The lowest BCUT2D eigenvalue weighted by Gasteiger charge is -2.15. The molecule has 0 saturated carbocycles. The van der Waals surface area contributed by atoms with Gasteiger partial charge < -0.3 is 14.8 Å². The molecule has 0 aliphatic heterocycles. The fraction of sp³-hybridized carbons (Fsp3) is 0.188. The highest BCUT2D eigenvalue weighted by Crippen LogP contribution is 2.12. The van der Waals surface area contributed by atoms with Gasteiger partial charge in [0.1, 0.15) is 11.5 Å². The molecule has 2 N–H and O–H groups in total. The summed E-state index contributed by atoms with van der Waals surface area (Å²) >= 11 is 0. The molecule has 0 spiro atoms. The number of nitrogens with one attached hydrogen (secondary N) is 1. The Morgan fingerprint density at radius 3 is 2.65 bits per heavy atom. The van der Waals surface area contributed by atoms with E-state index in [0.29, 0.717) is 5.76 Å². The molecule has 2 aromatic rings. The quantitative estimate of drug-likeness (QED) is 0.821. The van der Waals surface area contributed by atoms with Crippen molar-refractivity contribution in [2.45, 2.75) is 13.0 Å². The maximum Gasteiger partial charge on any atom is 0.244 e. The molecule has 1 amide bonds. The van der Waals surface area contributed by atoms with E-state index in [9.17, 15) is 9.90 Å². The minimum absolute atomic E-state index is 0.149. The van der Waals surface area contributed by atoms with E-state index in [1.54, 1.807) is 12.1 Å². The van der Waals surface area contributed by atoms with E-state index in [0.717, 1.165) is 11.3 Å². The van der Waals surface area contributed by atoms with Crippen molar-refractivity contribution in [1.29, 1.82) is 0 Å². The van der Waals surface area contributed by atoms with Crippen LogP contribution in [0.3, 0.4) is 0 Å². The number of carbonyl (C=O) groups is 1. The summed E-state index contributed by atoms with van der Waals surface area (Å²) in [6, 6.07) is 12.6. The van der Waals surface area contributed by atoms with Crippen LogP contribution in [0.25, 0.3) is 6.08 Å². The fourth-order valence-corrected chi connectivity index (χ4v) is 1.84. The Bertz CT molecular complexity index is 587. The molecule has 20 heavy (non-hydrogen) atoms. The van der Waals surface area contributed by atoms with Crippen molar-refractivity contribution in [3.63, 3.8) is 0 Å². The monoisotopic (exact) mass is 271 g/mol. The summed E-state index contributed by atoms with van der Waals surface area (Å²) in [5.41, 5.74) is 0.866. The number of aliphatic hydroxyl groups excluding tert-OH is 1. The molecule has 1 aromatic carbocycles. The Balaban J connectivity index is 1.98. The molecular formula is C16H17NO3. The van der Waals surface area contributed by atoms with Crippen molar-refractivity contribution < 1.29 is 14.3 Å². The molecule has 0 radical (unpaired) electrons. The Morgan fingerprint density at radius 2 is 2.05 bits per heavy atom. The predicted octanol–water partition coefficient (Wildman–Crippen LogP) is 2.45. The molecule has 1 heterocycles. The van der Waals surface area contributed by atoms with Crippen molar-refractivity contribution in [3.8, 4) is 0 Å². The average Bonchev–Trinajstić information content (AvgIpc) is 2.89. The Kier molecular flexibility index (Phi) is 4.74. The van der Waals surface area contributed by atoms with Gasteiger partial charge in [-0.15, -0.1) is 0 Å². The third-order valence-corrected chi connectivity index (χ3v) is 2.86. The summed E-state index contributed by atoms with van der Waals surface area (Å²) in [4.78, 5) is 11.8. The van der Waals surface area contributed by atoms with Crippen molar-refractivity contribution >= 4 is 12.0 Å². The van der Waals surface area contributed by atoms with Gasteiger partial charge in [-0.3, -0.25) is 4.79 Å². The highest BCUT2D eigenvalue weighted by atomic mass is 16.3. The van der Waals surface area contributed by atoms with Crippen LogP contribution in [0, 0.1) is 6.92 Å². The van der Waals surface area contributed by atoms with Crippen molar-refractivity contribution in [2.75, 3.05) is 6.61 Å². The van der Waals surface area contributed by atoms with Gasteiger partial charge in [-0.05, 0) is 30.7 Å². The zero-order chi connectivity index (χ0) is 14.4. The second kappa shape index (κ2) is 6.73. The normalized spacial score (nSPS) is 12.5. The molecule has 104 valence electrons. The van der Waals surface area contributed by atoms with Crippen LogP contribution in [0.5, 0.6) is 0 Å². The molecule has 1 unspecified atom stereocenters. The number of rotatable bonds is 5. The first-order chi connectivity index (χ1) is 9.69. The second-order valence-electron chi connectivity index (χ2n) is 4.44. The number of aliphatic hydroxyl groups is 1. The molecule has 0 saturated heterocycles. The van der Waals surface area contributed by atoms with Crippen molar-refractivity contribution in [2.24, 2.45) is 0 Å². The lowest BCUT2D eigenvalue weighted by Crippen LogP contribution is -2.29. The number of furan rings is 1. The molecule has 0 fully saturated rings. The molecule has 0 bridgehead atoms. The van der Waals surface area contributed by atoms with Crippen LogP contribution in [0.1, 0.15) is 23.1 Å². The molecule has 4 nitrogen and oxygen atoms in total. The number of aryl methyl sites for hydroxylation is 1. The predicted molar refractivity (Wildman–Crippen MR) is 76.9 cm³/mol. The zero-order valence-corrected chi connectivity index (χ0v) is 11.2. The zero-order valence-electron chi connectivity index (χ0n) is 11.2. The van der Waals surface area contributed by atoms with Gasteiger partial charge in [-0.1, -0.05) is 30.3 Å². The van der Waals surface area contributed by atoms with Crippen LogP contribution in [0.4, 0.5) is 0 Å². The second-order valence-corrected chi connectivity index (χ2v) is 4.44. The third kappa shape index (κ3) is 3.83. The lowest BCUT2D eigenvalue weighted by atomic mass is 10.1. The van der Waals surface area contributed by atoms with Crippen molar-refractivity contribution in [1.82, 2.24) is 5.32 Å². The van der Waals surface area contributed by atoms with E-state index < -0.39 is 6.04 Å². The minimum atomic E-state index is -0.410. The van der Waals surface area contributed by atoms with E-state index in [4.69, 9.17) is 4.42 Å². The molecule has 2 rings (SSSR count). The van der Waals surface area contributed by atoms with Gasteiger partial charge in [-0.2, -0.15) is 0 Å². The van der Waals surface area contributed by atoms with Gasteiger partial charge in [0, 0.05) is 6.08 Å². The Hall–Kier alpha value is -2.33. The molecule has 0 aliphatic carbocycles. The van der Waals surface area contributed by atoms with Crippen molar-refractivity contribution in [3.05, 3.63) is 65.6 Å². The van der Waals surface area contributed by atoms with Crippen LogP contribution in [-0.4, -0.2) is 17.6 Å². The summed E-state index contributed by atoms with van der Waals surface area (Å²) < 4.78 is 5.33. The Morgan fingerprint density at radius 1 is 1.30 bits per heavy atom. The van der Waals surface area contributed by atoms with Gasteiger partial charge in [0.05, 0.1) is 12.6 Å². The number of benzene rings is 1. The first kappa shape index (κ1) is 14.1. The van der Waals surface area contributed by atoms with Gasteiger partial charge >= 0.3 is 0 Å². The first-order valence-electron chi connectivity index (χ1n) is 6.40. The highest BCUT2D eigenvalue weighted by molar-refractivity contribution is 5.91. The highest BCUT2D eigenvalue weighted by Gasteiger charge is 2.11. The standard InChI is InChI=1S/C16H17NO3/c1-12-7-8-14(20-12)9-10-16(19)17-15(11-18)13-5-3-2-4-6-13/h2-10,15,18H,11H2,1H3,(H,17,19)/b10-9+. The van der Waals surface area contributed by atoms with Crippen LogP contribution in [-0.2, 0) is 4.79 Å². The van der Waals surface area contributed by atoms with Crippen LogP contribution in [0.15, 0.2) is 53.0 Å². The summed E-state index contributed by atoms with van der Waals surface area (Å²) in [5, 5.41) is 12.1. The van der Waals surface area contributed by atoms with E-state index in [1.807, 2.05) is 43.3 Å². The molecule has 4 heteroatoms. The van der Waals surface area contributed by atoms with E-state index in [2.05, 4.69) is 5.32 Å². The van der Waals surface area contributed by atoms with Gasteiger partial charge in [0.25, 0.3) is 0 Å². The summed E-state index contributed by atoms with van der Waals surface area (Å²) in [5.74, 6) is 1.14. The van der Waals surface area contributed by atoms with E-state index in [-0.39, 0.29) is 12.5 Å². The SMILES string of the molecule is Cc1ccc(/C=C/C(=O)NC(CO)c2ccccc2)o1.